The van der Waals surface area contributed by atoms with Crippen molar-refractivity contribution in [2.75, 3.05) is 0 Å². The Bertz CT molecular complexity index is 998. The average molecular weight is 282 g/mol. The van der Waals surface area contributed by atoms with Crippen LogP contribution in [0.25, 0.3) is 27.8 Å². The van der Waals surface area contributed by atoms with Gasteiger partial charge in [-0.3, -0.25) is 0 Å². The van der Waals surface area contributed by atoms with Crippen LogP contribution >= 0.6 is 0 Å². The van der Waals surface area contributed by atoms with Crippen LogP contribution in [0.15, 0.2) is 77.2 Å². The lowest BCUT2D eigenvalue weighted by molar-refractivity contribution is 0.546. The molecule has 3 aromatic carbocycles. The molecular formula is C21H14O. The third-order valence-corrected chi connectivity index (χ3v) is 4.52. The van der Waals surface area contributed by atoms with E-state index in [0.717, 1.165) is 16.7 Å². The van der Waals surface area contributed by atoms with Crippen LogP contribution in [0.1, 0.15) is 22.8 Å². The van der Waals surface area contributed by atoms with Crippen molar-refractivity contribution in [3.63, 3.8) is 0 Å². The number of allylic oxidation sites excluding steroid dienone is 1. The maximum absolute atomic E-state index is 6.10. The molecule has 1 heterocycles. The van der Waals surface area contributed by atoms with Crippen molar-refractivity contribution in [2.24, 2.45) is 0 Å². The Balaban J connectivity index is 1.77. The number of hydrogen-bond donors (Lipinski definition) is 0. The van der Waals surface area contributed by atoms with Gasteiger partial charge in [0.2, 0.25) is 0 Å². The highest BCUT2D eigenvalue weighted by Crippen LogP contribution is 2.39. The Morgan fingerprint density at radius 2 is 1.59 bits per heavy atom. The first-order chi connectivity index (χ1) is 10.9. The van der Waals surface area contributed by atoms with Crippen LogP contribution < -0.4 is 0 Å². The second kappa shape index (κ2) is 4.35. The van der Waals surface area contributed by atoms with Gasteiger partial charge in [0.1, 0.15) is 11.3 Å². The summed E-state index contributed by atoms with van der Waals surface area (Å²) in [7, 11) is 0. The molecule has 1 aliphatic rings. The third-order valence-electron chi connectivity index (χ3n) is 4.52. The molecule has 0 amide bonds. The average Bonchev–Trinajstić information content (AvgIpc) is 2.99. The molecule has 5 rings (SSSR count). The summed E-state index contributed by atoms with van der Waals surface area (Å²) in [4.78, 5) is 0. The molecule has 1 heteroatoms. The molecule has 0 spiro atoms. The van der Waals surface area contributed by atoms with Gasteiger partial charge in [0.15, 0.2) is 0 Å². The van der Waals surface area contributed by atoms with Gasteiger partial charge in [0.25, 0.3) is 0 Å². The molecule has 1 nitrogen and oxygen atoms in total. The number of benzene rings is 3. The minimum atomic E-state index is 0.186. The van der Waals surface area contributed by atoms with Crippen molar-refractivity contribution in [3.8, 4) is 0 Å². The largest absolute Gasteiger partial charge is 0.460 e. The second-order valence-corrected chi connectivity index (χ2v) is 5.82. The predicted molar refractivity (Wildman–Crippen MR) is 91.0 cm³/mol. The summed E-state index contributed by atoms with van der Waals surface area (Å²) in [5.74, 6) is 1.20. The zero-order chi connectivity index (χ0) is 14.5. The van der Waals surface area contributed by atoms with Crippen molar-refractivity contribution in [1.82, 2.24) is 0 Å². The molecule has 0 saturated heterocycles. The first-order valence-corrected chi connectivity index (χ1v) is 7.58. The Kier molecular flexibility index (Phi) is 2.33. The van der Waals surface area contributed by atoms with E-state index in [1.54, 1.807) is 0 Å². The fourth-order valence-corrected chi connectivity index (χ4v) is 3.51. The molecule has 1 aliphatic carbocycles. The van der Waals surface area contributed by atoms with Crippen LogP contribution in [0.4, 0.5) is 0 Å². The quantitative estimate of drug-likeness (QED) is 0.433. The molecule has 22 heavy (non-hydrogen) atoms. The van der Waals surface area contributed by atoms with Gasteiger partial charge >= 0.3 is 0 Å². The van der Waals surface area contributed by atoms with Gasteiger partial charge in [-0.2, -0.15) is 0 Å². The van der Waals surface area contributed by atoms with Crippen molar-refractivity contribution >= 4 is 27.8 Å². The topological polar surface area (TPSA) is 13.1 Å². The molecule has 1 aromatic heterocycles. The summed E-state index contributed by atoms with van der Waals surface area (Å²) in [6.07, 6.45) is 4.46. The van der Waals surface area contributed by atoms with Gasteiger partial charge in [-0.1, -0.05) is 66.7 Å². The molecule has 0 saturated carbocycles. The maximum Gasteiger partial charge on any atom is 0.134 e. The van der Waals surface area contributed by atoms with Gasteiger partial charge < -0.3 is 4.42 Å². The summed E-state index contributed by atoms with van der Waals surface area (Å²) in [5, 5.41) is 3.80. The first kappa shape index (κ1) is 11.8. The van der Waals surface area contributed by atoms with E-state index in [9.17, 15) is 0 Å². The van der Waals surface area contributed by atoms with Crippen molar-refractivity contribution in [2.45, 2.75) is 5.92 Å². The summed E-state index contributed by atoms with van der Waals surface area (Å²) in [5.41, 5.74) is 3.58. The zero-order valence-corrected chi connectivity index (χ0v) is 12.0. The molecule has 0 radical (unpaired) electrons. The summed E-state index contributed by atoms with van der Waals surface area (Å²) in [6.45, 7) is 0. The Labute approximate surface area is 128 Å². The lowest BCUT2D eigenvalue weighted by atomic mass is 9.85. The Hall–Kier alpha value is -2.80. The number of para-hydroxylation sites is 1. The van der Waals surface area contributed by atoms with Crippen LogP contribution in [-0.2, 0) is 0 Å². The fraction of sp³-hybridized carbons (Fsp3) is 0.0476. The number of furan rings is 1. The van der Waals surface area contributed by atoms with Gasteiger partial charge in [0.05, 0.1) is 5.92 Å². The summed E-state index contributed by atoms with van der Waals surface area (Å²) < 4.78 is 6.10. The smallest absolute Gasteiger partial charge is 0.134 e. The van der Waals surface area contributed by atoms with Gasteiger partial charge in [-0.15, -0.1) is 0 Å². The molecule has 0 aliphatic heterocycles. The van der Waals surface area contributed by atoms with Crippen LogP contribution in [-0.4, -0.2) is 0 Å². The monoisotopic (exact) mass is 282 g/mol. The first-order valence-electron chi connectivity index (χ1n) is 7.58. The molecule has 1 atom stereocenters. The SMILES string of the molecule is C1=CC(c2cc3ccccc3o2)c2cccc3cccc1c23. The molecule has 104 valence electrons. The van der Waals surface area contributed by atoms with Gasteiger partial charge in [-0.05, 0) is 34.0 Å². The van der Waals surface area contributed by atoms with Crippen molar-refractivity contribution in [3.05, 3.63) is 89.7 Å². The Morgan fingerprint density at radius 3 is 2.50 bits per heavy atom. The van der Waals surface area contributed by atoms with E-state index in [2.05, 4.69) is 60.7 Å². The molecule has 0 N–H and O–H groups in total. The molecule has 0 fully saturated rings. The van der Waals surface area contributed by atoms with E-state index in [4.69, 9.17) is 4.42 Å². The summed E-state index contributed by atoms with van der Waals surface area (Å²) >= 11 is 0. The highest BCUT2D eigenvalue weighted by Gasteiger charge is 2.21. The molecular weight excluding hydrogens is 268 g/mol. The van der Waals surface area contributed by atoms with Crippen LogP contribution in [0.5, 0.6) is 0 Å². The standard InChI is InChI=1S/C21H14O/c1-2-10-19-16(5-1)13-20(22-19)17-12-11-15-7-3-6-14-8-4-9-18(17)21(14)15/h1-13,17H. The highest BCUT2D eigenvalue weighted by atomic mass is 16.3. The van der Waals surface area contributed by atoms with E-state index in [0.29, 0.717) is 0 Å². The van der Waals surface area contributed by atoms with Gasteiger partial charge in [-0.25, -0.2) is 0 Å². The molecule has 4 aromatic rings. The van der Waals surface area contributed by atoms with E-state index in [-0.39, 0.29) is 5.92 Å². The number of hydrogen-bond acceptors (Lipinski definition) is 1. The molecule has 1 unspecified atom stereocenters. The fourth-order valence-electron chi connectivity index (χ4n) is 3.51. The van der Waals surface area contributed by atoms with Crippen LogP contribution in [0.3, 0.4) is 0 Å². The predicted octanol–water partition coefficient (Wildman–Crippen LogP) is 5.74. The number of fused-ring (bicyclic) bond motifs is 1. The molecule has 0 bridgehead atoms. The second-order valence-electron chi connectivity index (χ2n) is 5.82. The third kappa shape index (κ3) is 1.59. The van der Waals surface area contributed by atoms with E-state index < -0.39 is 0 Å². The zero-order valence-electron chi connectivity index (χ0n) is 12.0. The van der Waals surface area contributed by atoms with E-state index in [1.807, 2.05) is 18.2 Å². The number of rotatable bonds is 1. The van der Waals surface area contributed by atoms with E-state index >= 15 is 0 Å². The van der Waals surface area contributed by atoms with Crippen LogP contribution in [0.2, 0.25) is 0 Å². The van der Waals surface area contributed by atoms with Crippen molar-refractivity contribution in [1.29, 1.82) is 0 Å². The van der Waals surface area contributed by atoms with Crippen molar-refractivity contribution < 1.29 is 4.42 Å². The highest BCUT2D eigenvalue weighted by molar-refractivity contribution is 5.96. The summed E-state index contributed by atoms with van der Waals surface area (Å²) in [6, 6.07) is 23.4. The normalized spacial score (nSPS) is 16.5. The van der Waals surface area contributed by atoms with Gasteiger partial charge in [0, 0.05) is 5.39 Å². The minimum absolute atomic E-state index is 0.186. The lowest BCUT2D eigenvalue weighted by Gasteiger charge is -2.19. The van der Waals surface area contributed by atoms with E-state index in [1.165, 1.54) is 21.9 Å². The Morgan fingerprint density at radius 1 is 0.773 bits per heavy atom. The van der Waals surface area contributed by atoms with Crippen LogP contribution in [0, 0.1) is 0 Å². The lowest BCUT2D eigenvalue weighted by Crippen LogP contribution is -2.02. The maximum atomic E-state index is 6.10. The minimum Gasteiger partial charge on any atom is -0.460 e.